The molecule has 3 heterocycles. The van der Waals surface area contributed by atoms with Crippen LogP contribution in [0.2, 0.25) is 0 Å². The molecule has 1 aliphatic heterocycles. The molecule has 0 saturated heterocycles. The molecule has 1 aliphatic rings. The van der Waals surface area contributed by atoms with Crippen LogP contribution in [0, 0.1) is 6.92 Å². The van der Waals surface area contributed by atoms with E-state index < -0.39 is 0 Å². The topological polar surface area (TPSA) is 33.2 Å². The van der Waals surface area contributed by atoms with Crippen molar-refractivity contribution in [1.82, 2.24) is 4.98 Å². The van der Waals surface area contributed by atoms with E-state index in [2.05, 4.69) is 11.1 Å². The Morgan fingerprint density at radius 2 is 2.09 bits per heavy atom. The zero-order valence-corrected chi connectivity index (χ0v) is 14.9. The number of thioether (sulfide) groups is 1. The van der Waals surface area contributed by atoms with Gasteiger partial charge in [-0.15, -0.1) is 34.4 Å². The van der Waals surface area contributed by atoms with Crippen molar-refractivity contribution in [2.45, 2.75) is 11.8 Å². The van der Waals surface area contributed by atoms with Crippen molar-refractivity contribution in [2.24, 2.45) is 0 Å². The number of carbonyl (C=O) groups excluding carboxylic acids is 1. The van der Waals surface area contributed by atoms with Crippen LogP contribution in [0.25, 0.3) is 9.88 Å². The molecule has 2 aromatic heterocycles. The van der Waals surface area contributed by atoms with Gasteiger partial charge < -0.3 is 4.90 Å². The summed E-state index contributed by atoms with van der Waals surface area (Å²) in [6.45, 7) is 2.66. The minimum atomic E-state index is 0.0653. The summed E-state index contributed by atoms with van der Waals surface area (Å²) < 4.78 is 0. The molecule has 23 heavy (non-hydrogen) atoms. The molecule has 1 aromatic carbocycles. The molecule has 4 rings (SSSR count). The number of hydrogen-bond acceptors (Lipinski definition) is 5. The third kappa shape index (κ3) is 2.71. The highest BCUT2D eigenvalue weighted by Gasteiger charge is 2.27. The number of para-hydroxylation sites is 1. The van der Waals surface area contributed by atoms with E-state index in [9.17, 15) is 4.79 Å². The molecule has 3 nitrogen and oxygen atoms in total. The van der Waals surface area contributed by atoms with Gasteiger partial charge in [-0.2, -0.15) is 0 Å². The zero-order chi connectivity index (χ0) is 15.8. The van der Waals surface area contributed by atoms with Gasteiger partial charge in [-0.1, -0.05) is 18.2 Å². The highest BCUT2D eigenvalue weighted by Crippen LogP contribution is 2.37. The highest BCUT2D eigenvalue weighted by molar-refractivity contribution is 7.99. The minimum Gasteiger partial charge on any atom is -0.306 e. The molecule has 0 unspecified atom stereocenters. The fraction of sp³-hybridized carbons (Fsp3) is 0.176. The standard InChI is InChI=1S/C17H14N2OS3/c1-11-15(23-16(18-11)14-7-4-9-21-14)17(20)19-8-10-22-13-6-3-2-5-12(13)19/h2-7,9H,8,10H2,1H3. The number of thiazole rings is 1. The minimum absolute atomic E-state index is 0.0653. The maximum Gasteiger partial charge on any atom is 0.270 e. The summed E-state index contributed by atoms with van der Waals surface area (Å²) in [6.07, 6.45) is 0. The number of rotatable bonds is 2. The number of aryl methyl sites for hydroxylation is 1. The summed E-state index contributed by atoms with van der Waals surface area (Å²) in [4.78, 5) is 22.6. The van der Waals surface area contributed by atoms with Crippen LogP contribution in [0.15, 0.2) is 46.7 Å². The first kappa shape index (κ1) is 14.9. The van der Waals surface area contributed by atoms with Crippen molar-refractivity contribution < 1.29 is 4.79 Å². The fourth-order valence-electron chi connectivity index (χ4n) is 2.60. The van der Waals surface area contributed by atoms with Crippen LogP contribution < -0.4 is 4.90 Å². The second-order valence-corrected chi connectivity index (χ2v) is 8.27. The van der Waals surface area contributed by atoms with Gasteiger partial charge in [0.15, 0.2) is 0 Å². The summed E-state index contributed by atoms with van der Waals surface area (Å²) in [7, 11) is 0. The van der Waals surface area contributed by atoms with Gasteiger partial charge >= 0.3 is 0 Å². The van der Waals surface area contributed by atoms with Crippen LogP contribution >= 0.6 is 34.4 Å². The molecule has 0 N–H and O–H groups in total. The van der Waals surface area contributed by atoms with Crippen molar-refractivity contribution in [3.63, 3.8) is 0 Å². The Kier molecular flexibility index (Phi) is 3.97. The molecule has 0 radical (unpaired) electrons. The average Bonchev–Trinajstić information content (AvgIpc) is 3.23. The Balaban J connectivity index is 1.71. The lowest BCUT2D eigenvalue weighted by atomic mass is 10.2. The van der Waals surface area contributed by atoms with Gasteiger partial charge in [0.25, 0.3) is 5.91 Å². The van der Waals surface area contributed by atoms with E-state index in [-0.39, 0.29) is 5.91 Å². The molecule has 0 fully saturated rings. The van der Waals surface area contributed by atoms with Gasteiger partial charge in [0.1, 0.15) is 9.88 Å². The van der Waals surface area contributed by atoms with Crippen LogP contribution in [0.1, 0.15) is 15.4 Å². The van der Waals surface area contributed by atoms with Crippen LogP contribution in [0.5, 0.6) is 0 Å². The highest BCUT2D eigenvalue weighted by atomic mass is 32.2. The lowest BCUT2D eigenvalue weighted by Crippen LogP contribution is -2.35. The van der Waals surface area contributed by atoms with E-state index in [1.807, 2.05) is 59.3 Å². The van der Waals surface area contributed by atoms with Crippen molar-refractivity contribution in [3.05, 3.63) is 52.3 Å². The normalized spacial score (nSPS) is 13.9. The second-order valence-electron chi connectivity index (χ2n) is 5.18. The van der Waals surface area contributed by atoms with Crippen molar-refractivity contribution in [2.75, 3.05) is 17.2 Å². The summed E-state index contributed by atoms with van der Waals surface area (Å²) in [5, 5.41) is 2.96. The van der Waals surface area contributed by atoms with Gasteiger partial charge in [-0.3, -0.25) is 4.79 Å². The summed E-state index contributed by atoms with van der Waals surface area (Å²) in [6, 6.07) is 12.2. The lowest BCUT2D eigenvalue weighted by molar-refractivity contribution is 0.0991. The Morgan fingerprint density at radius 3 is 2.91 bits per heavy atom. The number of benzene rings is 1. The molecule has 0 bridgehead atoms. The van der Waals surface area contributed by atoms with E-state index in [4.69, 9.17) is 0 Å². The average molecular weight is 359 g/mol. The Bertz CT molecular complexity index is 855. The van der Waals surface area contributed by atoms with Crippen LogP contribution in [-0.4, -0.2) is 23.2 Å². The van der Waals surface area contributed by atoms with Gasteiger partial charge in [-0.05, 0) is 30.5 Å². The molecule has 6 heteroatoms. The fourth-order valence-corrected chi connectivity index (χ4v) is 5.41. The van der Waals surface area contributed by atoms with Crippen molar-refractivity contribution in [3.8, 4) is 9.88 Å². The number of nitrogens with zero attached hydrogens (tertiary/aromatic N) is 2. The zero-order valence-electron chi connectivity index (χ0n) is 12.5. The van der Waals surface area contributed by atoms with Gasteiger partial charge in [-0.25, -0.2) is 4.98 Å². The number of thiophene rings is 1. The predicted molar refractivity (Wildman–Crippen MR) is 99.0 cm³/mol. The largest absolute Gasteiger partial charge is 0.306 e. The SMILES string of the molecule is Cc1nc(-c2cccs2)sc1C(=O)N1CCSc2ccccc21. The van der Waals surface area contributed by atoms with Crippen molar-refractivity contribution in [1.29, 1.82) is 0 Å². The summed E-state index contributed by atoms with van der Waals surface area (Å²) >= 11 is 4.96. The first-order chi connectivity index (χ1) is 11.2. The first-order valence-corrected chi connectivity index (χ1v) is 9.97. The summed E-state index contributed by atoms with van der Waals surface area (Å²) in [5.41, 5.74) is 1.83. The lowest BCUT2D eigenvalue weighted by Gasteiger charge is -2.28. The number of fused-ring (bicyclic) bond motifs is 1. The second kappa shape index (κ2) is 6.11. The molecule has 116 valence electrons. The predicted octanol–water partition coefficient (Wildman–Crippen LogP) is 4.93. The van der Waals surface area contributed by atoms with E-state index in [1.54, 1.807) is 11.3 Å². The number of hydrogen-bond donors (Lipinski definition) is 0. The number of aromatic nitrogens is 1. The van der Waals surface area contributed by atoms with E-state index in [0.29, 0.717) is 0 Å². The molecular weight excluding hydrogens is 344 g/mol. The monoisotopic (exact) mass is 358 g/mol. The maximum absolute atomic E-state index is 13.1. The van der Waals surface area contributed by atoms with E-state index in [0.717, 1.165) is 38.4 Å². The number of amides is 1. The Hall–Kier alpha value is -1.63. The number of anilines is 1. The van der Waals surface area contributed by atoms with E-state index >= 15 is 0 Å². The molecule has 0 spiro atoms. The quantitative estimate of drug-likeness (QED) is 0.651. The Morgan fingerprint density at radius 1 is 1.22 bits per heavy atom. The van der Waals surface area contributed by atoms with Crippen LogP contribution in [0.4, 0.5) is 5.69 Å². The smallest absolute Gasteiger partial charge is 0.270 e. The Labute approximate surface area is 147 Å². The molecule has 1 amide bonds. The van der Waals surface area contributed by atoms with Gasteiger partial charge in [0.2, 0.25) is 0 Å². The van der Waals surface area contributed by atoms with Gasteiger partial charge in [0, 0.05) is 17.2 Å². The van der Waals surface area contributed by atoms with E-state index in [1.165, 1.54) is 16.2 Å². The maximum atomic E-state index is 13.1. The van der Waals surface area contributed by atoms with Crippen LogP contribution in [0.3, 0.4) is 0 Å². The molecule has 0 aliphatic carbocycles. The summed E-state index contributed by atoms with van der Waals surface area (Å²) in [5.74, 6) is 0.994. The van der Waals surface area contributed by atoms with Crippen LogP contribution in [-0.2, 0) is 0 Å². The number of carbonyl (C=O) groups is 1. The molecule has 0 atom stereocenters. The van der Waals surface area contributed by atoms with Gasteiger partial charge in [0.05, 0.1) is 16.3 Å². The molecule has 0 saturated carbocycles. The first-order valence-electron chi connectivity index (χ1n) is 7.29. The third-order valence-electron chi connectivity index (χ3n) is 3.70. The van der Waals surface area contributed by atoms with Crippen molar-refractivity contribution >= 4 is 46.0 Å². The molecule has 3 aromatic rings. The third-order valence-corrected chi connectivity index (χ3v) is 6.92. The molecular formula is C17H14N2OS3.